The van der Waals surface area contributed by atoms with Crippen molar-refractivity contribution in [2.24, 2.45) is 5.92 Å². The van der Waals surface area contributed by atoms with Crippen molar-refractivity contribution < 1.29 is 0 Å². The Morgan fingerprint density at radius 3 is 2.65 bits per heavy atom. The summed E-state index contributed by atoms with van der Waals surface area (Å²) in [6, 6.07) is 8.48. The smallest absolute Gasteiger partial charge is 0.179 e. The molecule has 1 N–H and O–H groups in total. The number of nitrogens with zero attached hydrogens (tertiary/aromatic N) is 2. The Bertz CT molecular complexity index is 540. The minimum absolute atomic E-state index is 0.669. The third-order valence-corrected chi connectivity index (χ3v) is 5.67. The van der Waals surface area contributed by atoms with Gasteiger partial charge in [0.2, 0.25) is 0 Å². The van der Waals surface area contributed by atoms with E-state index in [1.54, 1.807) is 34.9 Å². The van der Waals surface area contributed by atoms with Gasteiger partial charge in [-0.05, 0) is 30.3 Å². The first-order valence-electron chi connectivity index (χ1n) is 6.53. The lowest BCUT2D eigenvalue weighted by atomic mass is 10.2. The van der Waals surface area contributed by atoms with Crippen molar-refractivity contribution in [1.29, 1.82) is 0 Å². The SMILES string of the molecule is CSc1nnc(Sc2ccccc2CNCC(C)C)s1. The third-order valence-electron chi connectivity index (χ3n) is 2.60. The molecule has 2 aromatic rings. The van der Waals surface area contributed by atoms with Crippen molar-refractivity contribution in [2.75, 3.05) is 12.8 Å². The number of nitrogens with one attached hydrogen (secondary N) is 1. The van der Waals surface area contributed by atoms with Crippen molar-refractivity contribution in [3.05, 3.63) is 29.8 Å². The normalized spacial score (nSPS) is 11.2. The molecule has 0 amide bonds. The summed E-state index contributed by atoms with van der Waals surface area (Å²) in [5, 5.41) is 11.9. The van der Waals surface area contributed by atoms with Crippen LogP contribution < -0.4 is 5.32 Å². The molecule has 0 saturated heterocycles. The summed E-state index contributed by atoms with van der Waals surface area (Å²) in [5.41, 5.74) is 1.32. The van der Waals surface area contributed by atoms with Gasteiger partial charge in [0.1, 0.15) is 0 Å². The summed E-state index contributed by atoms with van der Waals surface area (Å²) in [6.07, 6.45) is 2.03. The Kier molecular flexibility index (Phi) is 6.35. The van der Waals surface area contributed by atoms with E-state index in [0.29, 0.717) is 5.92 Å². The Morgan fingerprint density at radius 1 is 1.20 bits per heavy atom. The lowest BCUT2D eigenvalue weighted by molar-refractivity contribution is 0.550. The molecule has 20 heavy (non-hydrogen) atoms. The van der Waals surface area contributed by atoms with Gasteiger partial charge in [0.05, 0.1) is 0 Å². The third kappa shape index (κ3) is 4.77. The van der Waals surface area contributed by atoms with E-state index in [1.807, 2.05) is 6.26 Å². The molecule has 0 radical (unpaired) electrons. The molecule has 0 aliphatic carbocycles. The van der Waals surface area contributed by atoms with E-state index >= 15 is 0 Å². The highest BCUT2D eigenvalue weighted by Gasteiger charge is 2.08. The molecule has 0 saturated carbocycles. The fourth-order valence-corrected chi connectivity index (χ4v) is 4.18. The van der Waals surface area contributed by atoms with Gasteiger partial charge < -0.3 is 5.32 Å². The predicted octanol–water partition coefficient (Wildman–Crippen LogP) is 4.16. The Morgan fingerprint density at radius 2 is 1.95 bits per heavy atom. The maximum atomic E-state index is 4.22. The van der Waals surface area contributed by atoms with Crippen LogP contribution in [-0.4, -0.2) is 23.0 Å². The number of hydrogen-bond donors (Lipinski definition) is 1. The van der Waals surface area contributed by atoms with Gasteiger partial charge in [0.15, 0.2) is 8.68 Å². The molecule has 0 unspecified atom stereocenters. The van der Waals surface area contributed by atoms with E-state index in [0.717, 1.165) is 21.8 Å². The molecule has 3 nitrogen and oxygen atoms in total. The highest BCUT2D eigenvalue weighted by atomic mass is 32.2. The summed E-state index contributed by atoms with van der Waals surface area (Å²) in [6.45, 7) is 6.38. The predicted molar refractivity (Wildman–Crippen MR) is 88.8 cm³/mol. The molecule has 1 aromatic heterocycles. The molecule has 2 rings (SSSR count). The molecular weight excluding hydrogens is 306 g/mol. The van der Waals surface area contributed by atoms with Crippen molar-refractivity contribution in [3.8, 4) is 0 Å². The number of thioether (sulfide) groups is 1. The zero-order valence-electron chi connectivity index (χ0n) is 11.9. The molecule has 0 aliphatic rings. The maximum Gasteiger partial charge on any atom is 0.179 e. The van der Waals surface area contributed by atoms with Crippen LogP contribution in [0, 0.1) is 5.92 Å². The summed E-state index contributed by atoms with van der Waals surface area (Å²) < 4.78 is 2.02. The number of rotatable bonds is 7. The average Bonchev–Trinajstić information content (AvgIpc) is 2.88. The van der Waals surface area contributed by atoms with E-state index in [2.05, 4.69) is 53.6 Å². The second kappa shape index (κ2) is 8.02. The molecule has 108 valence electrons. The molecule has 1 heterocycles. The average molecular weight is 326 g/mol. The van der Waals surface area contributed by atoms with Crippen LogP contribution in [0.5, 0.6) is 0 Å². The Hall–Kier alpha value is -0.560. The van der Waals surface area contributed by atoms with Crippen molar-refractivity contribution >= 4 is 34.9 Å². The summed E-state index contributed by atoms with van der Waals surface area (Å²) in [5.74, 6) is 0.669. The first-order chi connectivity index (χ1) is 9.69. The fourth-order valence-electron chi connectivity index (χ4n) is 1.66. The topological polar surface area (TPSA) is 37.8 Å². The van der Waals surface area contributed by atoms with E-state index < -0.39 is 0 Å². The zero-order chi connectivity index (χ0) is 14.4. The van der Waals surface area contributed by atoms with Crippen LogP contribution >= 0.6 is 34.9 Å². The van der Waals surface area contributed by atoms with Crippen molar-refractivity contribution in [1.82, 2.24) is 15.5 Å². The lowest BCUT2D eigenvalue weighted by Crippen LogP contribution is -2.19. The first kappa shape index (κ1) is 15.8. The molecular formula is C14H19N3S3. The van der Waals surface area contributed by atoms with E-state index in [1.165, 1.54) is 10.5 Å². The molecule has 0 spiro atoms. The Balaban J connectivity index is 2.03. The molecule has 6 heteroatoms. The van der Waals surface area contributed by atoms with E-state index in [9.17, 15) is 0 Å². The van der Waals surface area contributed by atoms with Gasteiger partial charge in [-0.2, -0.15) is 0 Å². The molecule has 0 aliphatic heterocycles. The fraction of sp³-hybridized carbons (Fsp3) is 0.429. The summed E-state index contributed by atoms with van der Waals surface area (Å²) in [4.78, 5) is 1.26. The van der Waals surface area contributed by atoms with Crippen LogP contribution in [0.2, 0.25) is 0 Å². The number of hydrogen-bond acceptors (Lipinski definition) is 6. The van der Waals surface area contributed by atoms with E-state index in [-0.39, 0.29) is 0 Å². The monoisotopic (exact) mass is 325 g/mol. The van der Waals surface area contributed by atoms with Gasteiger partial charge in [0, 0.05) is 11.4 Å². The second-order valence-corrected chi connectivity index (χ2v) is 8.09. The summed E-state index contributed by atoms with van der Waals surface area (Å²) in [7, 11) is 0. The molecule has 1 aromatic carbocycles. The molecule has 0 bridgehead atoms. The Labute approximate surface area is 133 Å². The highest BCUT2D eigenvalue weighted by molar-refractivity contribution is 8.03. The van der Waals surface area contributed by atoms with Crippen molar-refractivity contribution in [3.63, 3.8) is 0 Å². The quantitative estimate of drug-likeness (QED) is 0.774. The van der Waals surface area contributed by atoms with Gasteiger partial charge in [0.25, 0.3) is 0 Å². The van der Waals surface area contributed by atoms with Crippen LogP contribution in [-0.2, 0) is 6.54 Å². The van der Waals surface area contributed by atoms with Crippen LogP contribution in [0.25, 0.3) is 0 Å². The van der Waals surface area contributed by atoms with Gasteiger partial charge in [-0.15, -0.1) is 10.2 Å². The van der Waals surface area contributed by atoms with Crippen LogP contribution in [0.15, 0.2) is 37.8 Å². The van der Waals surface area contributed by atoms with Gasteiger partial charge in [-0.1, -0.05) is 66.9 Å². The van der Waals surface area contributed by atoms with Gasteiger partial charge in [-0.3, -0.25) is 0 Å². The van der Waals surface area contributed by atoms with Crippen LogP contribution in [0.3, 0.4) is 0 Å². The van der Waals surface area contributed by atoms with E-state index in [4.69, 9.17) is 0 Å². The first-order valence-corrected chi connectivity index (χ1v) is 9.38. The number of benzene rings is 1. The van der Waals surface area contributed by atoms with Gasteiger partial charge in [-0.25, -0.2) is 0 Å². The lowest BCUT2D eigenvalue weighted by Gasteiger charge is -2.10. The maximum absolute atomic E-state index is 4.22. The van der Waals surface area contributed by atoms with Crippen molar-refractivity contribution in [2.45, 2.75) is 34.0 Å². The molecule has 0 atom stereocenters. The minimum Gasteiger partial charge on any atom is -0.312 e. The highest BCUT2D eigenvalue weighted by Crippen LogP contribution is 2.34. The minimum atomic E-state index is 0.669. The zero-order valence-corrected chi connectivity index (χ0v) is 14.4. The second-order valence-electron chi connectivity index (χ2n) is 4.77. The van der Waals surface area contributed by atoms with Crippen LogP contribution in [0.1, 0.15) is 19.4 Å². The summed E-state index contributed by atoms with van der Waals surface area (Å²) >= 11 is 4.99. The van der Waals surface area contributed by atoms with Gasteiger partial charge >= 0.3 is 0 Å². The molecule has 0 fully saturated rings. The van der Waals surface area contributed by atoms with Crippen LogP contribution in [0.4, 0.5) is 0 Å². The standard InChI is InChI=1S/C14H19N3S3/c1-10(2)8-15-9-11-6-4-5-7-12(11)19-14-17-16-13(18-3)20-14/h4-7,10,15H,8-9H2,1-3H3. The largest absolute Gasteiger partial charge is 0.312 e. The number of aromatic nitrogens is 2.